The number of alkyl halides is 1. The van der Waals surface area contributed by atoms with E-state index in [9.17, 15) is 4.79 Å². The van der Waals surface area contributed by atoms with Crippen LogP contribution in [-0.4, -0.2) is 6.41 Å². The van der Waals surface area contributed by atoms with Gasteiger partial charge in [0.2, 0.25) is 6.41 Å². The summed E-state index contributed by atoms with van der Waals surface area (Å²) in [6, 6.07) is 0. The van der Waals surface area contributed by atoms with E-state index in [2.05, 4.69) is 5.32 Å². The van der Waals surface area contributed by atoms with Gasteiger partial charge in [-0.05, 0) is 0 Å². The van der Waals surface area contributed by atoms with Gasteiger partial charge in [-0.1, -0.05) is 0 Å². The molecule has 1 aromatic heterocycles. The van der Waals surface area contributed by atoms with Gasteiger partial charge in [0, 0.05) is 5.56 Å². The molecular formula is C6H6ClNO2. The lowest BCUT2D eigenvalue weighted by molar-refractivity contribution is -0.105. The van der Waals surface area contributed by atoms with E-state index in [1.807, 2.05) is 0 Å². The quantitative estimate of drug-likeness (QED) is 0.538. The Morgan fingerprint density at radius 1 is 1.70 bits per heavy atom. The SMILES string of the molecule is O=CNc1cocc1CCl. The zero-order valence-electron chi connectivity index (χ0n) is 5.13. The molecule has 0 fully saturated rings. The monoisotopic (exact) mass is 159 g/mol. The Labute approximate surface area is 63.0 Å². The average Bonchev–Trinajstić information content (AvgIpc) is 2.36. The van der Waals surface area contributed by atoms with Crippen molar-refractivity contribution in [2.75, 3.05) is 5.32 Å². The number of furan rings is 1. The van der Waals surface area contributed by atoms with Crippen LogP contribution >= 0.6 is 11.6 Å². The molecule has 1 amide bonds. The Bertz CT molecular complexity index is 221. The third-order valence-corrected chi connectivity index (χ3v) is 1.39. The number of halogens is 1. The molecule has 0 bridgehead atoms. The third-order valence-electron chi connectivity index (χ3n) is 1.10. The fourth-order valence-electron chi connectivity index (χ4n) is 0.617. The Morgan fingerprint density at radius 2 is 2.50 bits per heavy atom. The summed E-state index contributed by atoms with van der Waals surface area (Å²) in [5, 5.41) is 2.45. The number of hydrogen-bond donors (Lipinski definition) is 1. The maximum absolute atomic E-state index is 9.94. The summed E-state index contributed by atoms with van der Waals surface area (Å²) in [6.45, 7) is 0. The molecule has 0 radical (unpaired) electrons. The van der Waals surface area contributed by atoms with Crippen molar-refractivity contribution in [3.05, 3.63) is 18.1 Å². The summed E-state index contributed by atoms with van der Waals surface area (Å²) >= 11 is 5.49. The molecule has 0 aliphatic carbocycles. The molecule has 0 spiro atoms. The second kappa shape index (κ2) is 3.27. The van der Waals surface area contributed by atoms with Gasteiger partial charge in [0.05, 0.1) is 17.8 Å². The number of nitrogens with one attached hydrogen (secondary N) is 1. The molecule has 1 rings (SSSR count). The molecule has 0 saturated carbocycles. The van der Waals surface area contributed by atoms with Gasteiger partial charge in [-0.2, -0.15) is 0 Å². The number of rotatable bonds is 3. The highest BCUT2D eigenvalue weighted by Crippen LogP contribution is 2.17. The van der Waals surface area contributed by atoms with Crippen LogP contribution in [0.2, 0.25) is 0 Å². The van der Waals surface area contributed by atoms with Gasteiger partial charge >= 0.3 is 0 Å². The first-order valence-corrected chi connectivity index (χ1v) is 3.23. The minimum Gasteiger partial charge on any atom is -0.470 e. The van der Waals surface area contributed by atoms with Crippen molar-refractivity contribution in [2.24, 2.45) is 0 Å². The number of amides is 1. The summed E-state index contributed by atoms with van der Waals surface area (Å²) in [6.07, 6.45) is 3.52. The van der Waals surface area contributed by atoms with E-state index >= 15 is 0 Å². The summed E-state index contributed by atoms with van der Waals surface area (Å²) in [5.41, 5.74) is 1.42. The van der Waals surface area contributed by atoms with Crippen LogP contribution in [0.25, 0.3) is 0 Å². The normalized spacial score (nSPS) is 9.30. The molecule has 0 aliphatic rings. The molecule has 10 heavy (non-hydrogen) atoms. The van der Waals surface area contributed by atoms with E-state index in [1.165, 1.54) is 12.5 Å². The first-order valence-electron chi connectivity index (χ1n) is 2.69. The molecule has 1 aromatic rings. The van der Waals surface area contributed by atoms with Crippen LogP contribution in [-0.2, 0) is 10.7 Å². The average molecular weight is 160 g/mol. The maximum Gasteiger partial charge on any atom is 0.211 e. The standard InChI is InChI=1S/C6H6ClNO2/c7-1-5-2-10-3-6(5)8-4-9/h2-4H,1H2,(H,8,9). The van der Waals surface area contributed by atoms with Crippen molar-refractivity contribution in [3.8, 4) is 0 Å². The summed E-state index contributed by atoms with van der Waals surface area (Å²) in [7, 11) is 0. The summed E-state index contributed by atoms with van der Waals surface area (Å²) in [5.74, 6) is 0.340. The van der Waals surface area contributed by atoms with Gasteiger partial charge in [-0.3, -0.25) is 4.79 Å². The van der Waals surface area contributed by atoms with Crippen molar-refractivity contribution < 1.29 is 9.21 Å². The molecule has 0 atom stereocenters. The number of carbonyl (C=O) groups is 1. The van der Waals surface area contributed by atoms with E-state index in [-0.39, 0.29) is 0 Å². The zero-order valence-corrected chi connectivity index (χ0v) is 5.89. The number of carbonyl (C=O) groups excluding carboxylic acids is 1. The molecule has 4 heteroatoms. The van der Waals surface area contributed by atoms with Gasteiger partial charge in [0.1, 0.15) is 6.26 Å². The molecular weight excluding hydrogens is 154 g/mol. The Hall–Kier alpha value is -0.960. The molecule has 1 N–H and O–H groups in total. The van der Waals surface area contributed by atoms with Crippen molar-refractivity contribution in [1.29, 1.82) is 0 Å². The van der Waals surface area contributed by atoms with Gasteiger partial charge in [-0.15, -0.1) is 11.6 Å². The minimum atomic E-state index is 0.340. The second-order valence-electron chi connectivity index (χ2n) is 1.71. The fourth-order valence-corrected chi connectivity index (χ4v) is 0.824. The summed E-state index contributed by atoms with van der Waals surface area (Å²) in [4.78, 5) is 9.94. The molecule has 3 nitrogen and oxygen atoms in total. The topological polar surface area (TPSA) is 42.2 Å². The molecule has 0 aromatic carbocycles. The van der Waals surface area contributed by atoms with Crippen LogP contribution in [0.4, 0.5) is 5.69 Å². The second-order valence-corrected chi connectivity index (χ2v) is 1.97. The zero-order chi connectivity index (χ0) is 7.40. The van der Waals surface area contributed by atoms with Gasteiger partial charge in [0.15, 0.2) is 0 Å². The van der Waals surface area contributed by atoms with Crippen LogP contribution in [0.1, 0.15) is 5.56 Å². The molecule has 0 unspecified atom stereocenters. The Balaban J connectivity index is 2.79. The predicted octanol–water partition coefficient (Wildman–Crippen LogP) is 1.59. The van der Waals surface area contributed by atoms with E-state index in [0.29, 0.717) is 18.0 Å². The molecule has 0 saturated heterocycles. The fraction of sp³-hybridized carbons (Fsp3) is 0.167. The van der Waals surface area contributed by atoms with E-state index in [1.54, 1.807) is 0 Å². The third kappa shape index (κ3) is 1.30. The van der Waals surface area contributed by atoms with E-state index in [0.717, 1.165) is 5.56 Å². The lowest BCUT2D eigenvalue weighted by Crippen LogP contribution is -1.93. The Kier molecular flexibility index (Phi) is 2.34. The lowest BCUT2D eigenvalue weighted by atomic mass is 10.3. The van der Waals surface area contributed by atoms with Crippen molar-refractivity contribution in [2.45, 2.75) is 5.88 Å². The predicted molar refractivity (Wildman–Crippen MR) is 38.0 cm³/mol. The Morgan fingerprint density at radius 3 is 3.10 bits per heavy atom. The molecule has 0 aliphatic heterocycles. The van der Waals surface area contributed by atoms with Crippen LogP contribution < -0.4 is 5.32 Å². The maximum atomic E-state index is 9.94. The van der Waals surface area contributed by atoms with E-state index in [4.69, 9.17) is 16.0 Å². The van der Waals surface area contributed by atoms with Gasteiger partial charge < -0.3 is 9.73 Å². The highest BCUT2D eigenvalue weighted by molar-refractivity contribution is 6.17. The first-order chi connectivity index (χ1) is 4.88. The minimum absolute atomic E-state index is 0.340. The highest BCUT2D eigenvalue weighted by atomic mass is 35.5. The summed E-state index contributed by atoms with van der Waals surface area (Å²) < 4.78 is 4.78. The molecule has 1 heterocycles. The largest absolute Gasteiger partial charge is 0.470 e. The van der Waals surface area contributed by atoms with Crippen LogP contribution in [0.15, 0.2) is 16.9 Å². The van der Waals surface area contributed by atoms with Gasteiger partial charge in [0.25, 0.3) is 0 Å². The van der Waals surface area contributed by atoms with Crippen LogP contribution in [0.3, 0.4) is 0 Å². The molecule has 54 valence electrons. The van der Waals surface area contributed by atoms with Gasteiger partial charge in [-0.25, -0.2) is 0 Å². The van der Waals surface area contributed by atoms with Crippen molar-refractivity contribution in [1.82, 2.24) is 0 Å². The smallest absolute Gasteiger partial charge is 0.211 e. The first kappa shape index (κ1) is 7.15. The van der Waals surface area contributed by atoms with Crippen LogP contribution in [0, 0.1) is 0 Å². The van der Waals surface area contributed by atoms with E-state index < -0.39 is 0 Å². The van der Waals surface area contributed by atoms with Crippen molar-refractivity contribution in [3.63, 3.8) is 0 Å². The number of hydrogen-bond acceptors (Lipinski definition) is 2. The number of anilines is 1. The van der Waals surface area contributed by atoms with Crippen molar-refractivity contribution >= 4 is 23.7 Å². The highest BCUT2D eigenvalue weighted by Gasteiger charge is 2.00. The van der Waals surface area contributed by atoms with Crippen LogP contribution in [0.5, 0.6) is 0 Å². The lowest BCUT2D eigenvalue weighted by Gasteiger charge is -1.92.